The summed E-state index contributed by atoms with van der Waals surface area (Å²) in [4.78, 5) is 0. The van der Waals surface area contributed by atoms with Crippen LogP contribution in [0.2, 0.25) is 5.02 Å². The molecule has 0 radical (unpaired) electrons. The quantitative estimate of drug-likeness (QED) is 0.154. The molecular formula is C51H57Cl3Zr-2. The Hall–Kier alpha value is -2.67. The van der Waals surface area contributed by atoms with Gasteiger partial charge in [-0.2, -0.15) is 35.9 Å². The molecular weight excluding hydrogens is 810 g/mol. The third-order valence-corrected chi connectivity index (χ3v) is 11.6. The largest absolute Gasteiger partial charge is 1.00 e. The minimum absolute atomic E-state index is 0. The second-order valence-electron chi connectivity index (χ2n) is 18.6. The van der Waals surface area contributed by atoms with Crippen LogP contribution in [0, 0.1) is 6.07 Å². The van der Waals surface area contributed by atoms with Crippen LogP contribution in [-0.4, -0.2) is 3.21 Å². The minimum Gasteiger partial charge on any atom is -1.00 e. The third kappa shape index (κ3) is 11.3. The molecule has 0 N–H and O–H groups in total. The van der Waals surface area contributed by atoms with E-state index in [1.54, 1.807) is 0 Å². The number of fused-ring (bicyclic) bond motifs is 4. The summed E-state index contributed by atoms with van der Waals surface area (Å²) in [6.45, 7) is 28.0. The van der Waals surface area contributed by atoms with Crippen LogP contribution in [0.4, 0.5) is 0 Å². The van der Waals surface area contributed by atoms with Gasteiger partial charge in [0.2, 0.25) is 0 Å². The monoisotopic (exact) mass is 864 g/mol. The summed E-state index contributed by atoms with van der Waals surface area (Å²) < 4.78 is 1.34. The molecule has 0 nitrogen and oxygen atoms in total. The van der Waals surface area contributed by atoms with Crippen LogP contribution in [0.3, 0.4) is 0 Å². The van der Waals surface area contributed by atoms with Crippen LogP contribution in [0.15, 0.2) is 115 Å². The van der Waals surface area contributed by atoms with Crippen LogP contribution in [0.1, 0.15) is 128 Å². The number of hydrogen-bond donors (Lipinski definition) is 0. The van der Waals surface area contributed by atoms with Crippen molar-refractivity contribution in [2.24, 2.45) is 0 Å². The average molecular weight is 868 g/mol. The molecule has 0 bridgehead atoms. The van der Waals surface area contributed by atoms with Gasteiger partial charge in [0, 0.05) is 0 Å². The van der Waals surface area contributed by atoms with E-state index in [1.165, 1.54) is 93.8 Å². The number of hydrogen-bond acceptors (Lipinski definition) is 0. The summed E-state index contributed by atoms with van der Waals surface area (Å²) in [5.74, 6) is 0. The van der Waals surface area contributed by atoms with Gasteiger partial charge in [-0.25, -0.2) is 12.1 Å². The molecule has 6 aromatic carbocycles. The molecule has 1 aliphatic rings. The van der Waals surface area contributed by atoms with Crippen molar-refractivity contribution in [3.8, 4) is 11.1 Å². The van der Waals surface area contributed by atoms with E-state index in [2.05, 4.69) is 156 Å². The first-order valence-corrected chi connectivity index (χ1v) is 20.5. The second-order valence-corrected chi connectivity index (χ2v) is 20.2. The van der Waals surface area contributed by atoms with Gasteiger partial charge in [-0.3, -0.25) is 0 Å². The molecule has 55 heavy (non-hydrogen) atoms. The summed E-state index contributed by atoms with van der Waals surface area (Å²) in [7, 11) is 0. The van der Waals surface area contributed by atoms with Gasteiger partial charge in [0.15, 0.2) is 0 Å². The van der Waals surface area contributed by atoms with Crippen LogP contribution in [-0.2, 0) is 52.3 Å². The maximum atomic E-state index is 6.09. The topological polar surface area (TPSA) is 0 Å². The van der Waals surface area contributed by atoms with E-state index in [-0.39, 0.29) is 46.5 Å². The summed E-state index contributed by atoms with van der Waals surface area (Å²) in [6.07, 6.45) is 1.01. The van der Waals surface area contributed by atoms with Gasteiger partial charge >= 0.3 is 133 Å². The molecule has 0 heterocycles. The first-order valence-electron chi connectivity index (χ1n) is 18.9. The summed E-state index contributed by atoms with van der Waals surface area (Å²) in [5, 5.41) is 3.37. The van der Waals surface area contributed by atoms with E-state index in [1.807, 2.05) is 48.5 Å². The first-order chi connectivity index (χ1) is 24.7. The Kier molecular flexibility index (Phi) is 15.5. The second kappa shape index (κ2) is 18.3. The fourth-order valence-electron chi connectivity index (χ4n) is 7.19. The molecule has 6 aromatic rings. The van der Waals surface area contributed by atoms with Crippen molar-refractivity contribution < 1.29 is 49.0 Å². The van der Waals surface area contributed by atoms with Crippen LogP contribution in [0.25, 0.3) is 21.9 Å². The molecule has 0 saturated carbocycles. The van der Waals surface area contributed by atoms with Crippen molar-refractivity contribution in [2.75, 3.05) is 0 Å². The van der Waals surface area contributed by atoms with Gasteiger partial charge in [-0.05, 0) is 39.4 Å². The van der Waals surface area contributed by atoms with E-state index in [0.717, 1.165) is 11.4 Å². The molecule has 0 aromatic heterocycles. The van der Waals surface area contributed by atoms with Gasteiger partial charge in [0.25, 0.3) is 0 Å². The normalized spacial score (nSPS) is 12.2. The maximum Gasteiger partial charge on any atom is -0.172 e. The van der Waals surface area contributed by atoms with Crippen molar-refractivity contribution in [2.45, 2.75) is 111 Å². The van der Waals surface area contributed by atoms with E-state index in [0.29, 0.717) is 0 Å². The van der Waals surface area contributed by atoms with E-state index >= 15 is 0 Å². The fraction of sp³-hybridized carbons (Fsp3) is 0.333. The zero-order chi connectivity index (χ0) is 38.9. The molecule has 1 aliphatic carbocycles. The molecule has 0 fully saturated rings. The van der Waals surface area contributed by atoms with Crippen LogP contribution >= 0.6 is 11.6 Å². The van der Waals surface area contributed by atoms with E-state index < -0.39 is 0 Å². The van der Waals surface area contributed by atoms with Crippen LogP contribution in [0.5, 0.6) is 0 Å². The summed E-state index contributed by atoms with van der Waals surface area (Å²) in [6, 6.07) is 44.4. The number of rotatable bonds is 2. The standard InChI is InChI=1S/C29H41.C17H11Cl.C5H5.2ClH.Zr/c1-26(2,3)22-14-18-13-19-15-23(27(4,5)6)25(29(10,11)12)17-21(19)20(18)16-24(22)28(7,8)9;18-16-9-3-5-13(12-16)11-15-8-4-7-14-6-1-2-10-17(14)15;1-2-4-5-3-1;;;/h14,16-17H,13H2,1-12H3;1-10,12H;1-5H;2*1H;/q-1;;-1;;;+2/p-2. The van der Waals surface area contributed by atoms with E-state index in [4.69, 9.17) is 11.6 Å². The smallest absolute Gasteiger partial charge is 0.172 e. The van der Waals surface area contributed by atoms with Gasteiger partial charge in [0.05, 0.1) is 0 Å². The number of halogens is 3. The Bertz CT molecular complexity index is 2110. The van der Waals surface area contributed by atoms with Crippen molar-refractivity contribution in [1.82, 2.24) is 0 Å². The molecule has 288 valence electrons. The van der Waals surface area contributed by atoms with Crippen molar-refractivity contribution >= 4 is 25.6 Å². The SMILES string of the molecule is CC(C)(C)c1[c-]c2c(cc1C(C)(C)C)-c1cc(C(C)(C)C)c(C(C)(C)C)cc1C2.Clc1cccc([C](=[Zr+2])c2cccc3ccccc23)c1.[Cl-].[Cl-].c1cc[cH-]c1. The van der Waals surface area contributed by atoms with Crippen molar-refractivity contribution in [3.63, 3.8) is 0 Å². The van der Waals surface area contributed by atoms with Gasteiger partial charge < -0.3 is 24.8 Å². The van der Waals surface area contributed by atoms with Crippen molar-refractivity contribution in [1.29, 1.82) is 0 Å². The predicted octanol–water partition coefficient (Wildman–Crippen LogP) is 8.27. The zero-order valence-electron chi connectivity index (χ0n) is 34.8. The molecule has 7 rings (SSSR count). The maximum absolute atomic E-state index is 6.09. The Morgan fingerprint density at radius 2 is 1.15 bits per heavy atom. The molecule has 0 amide bonds. The Morgan fingerprint density at radius 1 is 0.600 bits per heavy atom. The Labute approximate surface area is 365 Å². The van der Waals surface area contributed by atoms with E-state index in [9.17, 15) is 0 Å². The number of benzene rings is 5. The molecule has 0 unspecified atom stereocenters. The Morgan fingerprint density at radius 3 is 1.69 bits per heavy atom. The van der Waals surface area contributed by atoms with Crippen LogP contribution < -0.4 is 24.8 Å². The average Bonchev–Trinajstić information content (AvgIpc) is 3.77. The molecule has 0 aliphatic heterocycles. The predicted molar refractivity (Wildman–Crippen MR) is 229 cm³/mol. The first kappa shape index (κ1) is 46.7. The summed E-state index contributed by atoms with van der Waals surface area (Å²) in [5.41, 5.74) is 14.5. The zero-order valence-corrected chi connectivity index (χ0v) is 39.5. The van der Waals surface area contributed by atoms with Gasteiger partial charge in [0.1, 0.15) is 0 Å². The Balaban J connectivity index is 0.000000267. The van der Waals surface area contributed by atoms with Gasteiger partial charge in [-0.1, -0.05) is 106 Å². The molecule has 0 atom stereocenters. The third-order valence-electron chi connectivity index (χ3n) is 9.96. The van der Waals surface area contributed by atoms with Gasteiger partial charge in [-0.15, -0.1) is 16.7 Å². The summed E-state index contributed by atoms with van der Waals surface area (Å²) >= 11 is 7.49. The minimum atomic E-state index is 0. The van der Waals surface area contributed by atoms with Crippen molar-refractivity contribution in [3.05, 3.63) is 171 Å². The molecule has 0 saturated heterocycles. The molecule has 0 spiro atoms. The molecule has 4 heteroatoms. The fourth-order valence-corrected chi connectivity index (χ4v) is 8.30.